The van der Waals surface area contributed by atoms with Gasteiger partial charge < -0.3 is 9.73 Å². The smallest absolute Gasteiger partial charge is 0.230 e. The molecular formula is C17H23N3O. The van der Waals surface area contributed by atoms with Crippen molar-refractivity contribution in [1.29, 1.82) is 0 Å². The van der Waals surface area contributed by atoms with Crippen molar-refractivity contribution in [1.82, 2.24) is 15.5 Å². The molecule has 3 rings (SSSR count). The Morgan fingerprint density at radius 3 is 2.71 bits per heavy atom. The van der Waals surface area contributed by atoms with Crippen molar-refractivity contribution in [2.24, 2.45) is 5.92 Å². The van der Waals surface area contributed by atoms with Gasteiger partial charge in [0.1, 0.15) is 0 Å². The maximum absolute atomic E-state index is 5.44. The van der Waals surface area contributed by atoms with E-state index < -0.39 is 0 Å². The molecule has 2 unspecified atom stereocenters. The van der Waals surface area contributed by atoms with E-state index in [1.54, 1.807) is 0 Å². The van der Waals surface area contributed by atoms with Crippen LogP contribution in [0.1, 0.15) is 43.0 Å². The van der Waals surface area contributed by atoms with Crippen molar-refractivity contribution >= 4 is 0 Å². The molecule has 1 N–H and O–H groups in total. The topological polar surface area (TPSA) is 51.0 Å². The van der Waals surface area contributed by atoms with Crippen LogP contribution in [0.25, 0.3) is 0 Å². The van der Waals surface area contributed by atoms with Gasteiger partial charge in [0.05, 0.1) is 6.54 Å². The first kappa shape index (κ1) is 14.3. The summed E-state index contributed by atoms with van der Waals surface area (Å²) in [6.07, 6.45) is 6.35. The van der Waals surface area contributed by atoms with Crippen LogP contribution in [-0.4, -0.2) is 16.2 Å². The fourth-order valence-corrected chi connectivity index (χ4v) is 3.26. The number of benzene rings is 1. The lowest BCUT2D eigenvalue weighted by Gasteiger charge is -2.32. The average molecular weight is 285 g/mol. The summed E-state index contributed by atoms with van der Waals surface area (Å²) in [5, 5.41) is 11.6. The summed E-state index contributed by atoms with van der Waals surface area (Å²) in [5.41, 5.74) is 1.44. The standard InChI is InChI=1S/C17H23N3O/c1-13-19-20-17(21-13)12-18-16-10-6-5-9-15(16)11-14-7-3-2-4-8-14/h2-4,7-8,15-16,18H,5-6,9-12H2,1H3. The van der Waals surface area contributed by atoms with Crippen LogP contribution < -0.4 is 5.32 Å². The summed E-state index contributed by atoms with van der Waals surface area (Å²) in [7, 11) is 0. The summed E-state index contributed by atoms with van der Waals surface area (Å²) in [4.78, 5) is 0. The first-order valence-electron chi connectivity index (χ1n) is 7.87. The van der Waals surface area contributed by atoms with Crippen molar-refractivity contribution < 1.29 is 4.42 Å². The molecule has 1 fully saturated rings. The molecule has 0 saturated heterocycles. The predicted molar refractivity (Wildman–Crippen MR) is 81.8 cm³/mol. The molecule has 1 aromatic carbocycles. The van der Waals surface area contributed by atoms with Gasteiger partial charge in [0.2, 0.25) is 11.8 Å². The number of hydrogen-bond donors (Lipinski definition) is 1. The number of rotatable bonds is 5. The molecule has 1 heterocycles. The normalized spacial score (nSPS) is 22.3. The van der Waals surface area contributed by atoms with Crippen LogP contribution in [0.3, 0.4) is 0 Å². The quantitative estimate of drug-likeness (QED) is 0.916. The third-order valence-corrected chi connectivity index (χ3v) is 4.33. The summed E-state index contributed by atoms with van der Waals surface area (Å²) >= 11 is 0. The molecule has 0 radical (unpaired) electrons. The summed E-state index contributed by atoms with van der Waals surface area (Å²) in [6.45, 7) is 2.51. The Bertz CT molecular complexity index is 552. The van der Waals surface area contributed by atoms with Gasteiger partial charge in [-0.2, -0.15) is 0 Å². The van der Waals surface area contributed by atoms with Crippen LogP contribution in [0.2, 0.25) is 0 Å². The Morgan fingerprint density at radius 1 is 1.14 bits per heavy atom. The fourth-order valence-electron chi connectivity index (χ4n) is 3.26. The van der Waals surface area contributed by atoms with E-state index in [9.17, 15) is 0 Å². The maximum Gasteiger partial charge on any atom is 0.230 e. The molecule has 2 aromatic rings. The lowest BCUT2D eigenvalue weighted by molar-refractivity contribution is 0.252. The third-order valence-electron chi connectivity index (χ3n) is 4.33. The Kier molecular flexibility index (Phi) is 4.65. The third kappa shape index (κ3) is 3.91. The largest absolute Gasteiger partial charge is 0.424 e. The Morgan fingerprint density at radius 2 is 1.95 bits per heavy atom. The van der Waals surface area contributed by atoms with E-state index in [0.717, 1.165) is 6.42 Å². The average Bonchev–Trinajstić information content (AvgIpc) is 2.93. The highest BCUT2D eigenvalue weighted by molar-refractivity contribution is 5.15. The van der Waals surface area contributed by atoms with Crippen LogP contribution >= 0.6 is 0 Å². The highest BCUT2D eigenvalue weighted by Crippen LogP contribution is 2.27. The minimum atomic E-state index is 0.547. The second kappa shape index (κ2) is 6.85. The van der Waals surface area contributed by atoms with Gasteiger partial charge in [-0.3, -0.25) is 0 Å². The van der Waals surface area contributed by atoms with E-state index in [1.807, 2.05) is 6.92 Å². The monoisotopic (exact) mass is 285 g/mol. The van der Waals surface area contributed by atoms with Crippen LogP contribution in [-0.2, 0) is 13.0 Å². The maximum atomic E-state index is 5.44. The lowest BCUT2D eigenvalue weighted by Crippen LogP contribution is -2.39. The lowest BCUT2D eigenvalue weighted by atomic mass is 9.80. The number of aromatic nitrogens is 2. The fraction of sp³-hybridized carbons (Fsp3) is 0.529. The summed E-state index contributed by atoms with van der Waals surface area (Å²) in [5.74, 6) is 2.03. The Labute approximate surface area is 126 Å². The first-order chi connectivity index (χ1) is 10.3. The zero-order chi connectivity index (χ0) is 14.5. The molecule has 1 saturated carbocycles. The van der Waals surface area contributed by atoms with Gasteiger partial charge in [-0.05, 0) is 30.7 Å². The summed E-state index contributed by atoms with van der Waals surface area (Å²) < 4.78 is 5.44. The van der Waals surface area contributed by atoms with Crippen molar-refractivity contribution in [2.75, 3.05) is 0 Å². The minimum Gasteiger partial charge on any atom is -0.424 e. The molecule has 0 bridgehead atoms. The van der Waals surface area contributed by atoms with Crippen molar-refractivity contribution in [3.8, 4) is 0 Å². The van der Waals surface area contributed by atoms with Crippen LogP contribution in [0.5, 0.6) is 0 Å². The molecule has 0 spiro atoms. The minimum absolute atomic E-state index is 0.547. The van der Waals surface area contributed by atoms with Gasteiger partial charge >= 0.3 is 0 Å². The van der Waals surface area contributed by atoms with Gasteiger partial charge in [-0.1, -0.05) is 43.2 Å². The Hall–Kier alpha value is -1.68. The van der Waals surface area contributed by atoms with E-state index in [0.29, 0.717) is 30.3 Å². The molecule has 1 aromatic heterocycles. The van der Waals surface area contributed by atoms with Gasteiger partial charge in [-0.15, -0.1) is 10.2 Å². The van der Waals surface area contributed by atoms with E-state index in [2.05, 4.69) is 45.8 Å². The molecule has 0 aliphatic heterocycles. The molecule has 4 nitrogen and oxygen atoms in total. The van der Waals surface area contributed by atoms with Crippen molar-refractivity contribution in [2.45, 2.75) is 51.6 Å². The molecule has 21 heavy (non-hydrogen) atoms. The number of aryl methyl sites for hydroxylation is 1. The highest BCUT2D eigenvalue weighted by atomic mass is 16.4. The zero-order valence-corrected chi connectivity index (χ0v) is 12.6. The van der Waals surface area contributed by atoms with E-state index in [4.69, 9.17) is 4.42 Å². The highest BCUT2D eigenvalue weighted by Gasteiger charge is 2.25. The molecule has 4 heteroatoms. The molecule has 0 amide bonds. The van der Waals surface area contributed by atoms with Gasteiger partial charge in [-0.25, -0.2) is 0 Å². The second-order valence-electron chi connectivity index (χ2n) is 5.94. The summed E-state index contributed by atoms with van der Waals surface area (Å²) in [6, 6.07) is 11.3. The van der Waals surface area contributed by atoms with Crippen molar-refractivity contribution in [3.63, 3.8) is 0 Å². The second-order valence-corrected chi connectivity index (χ2v) is 5.94. The molecular weight excluding hydrogens is 262 g/mol. The predicted octanol–water partition coefficient (Wildman–Crippen LogP) is 3.27. The van der Waals surface area contributed by atoms with Gasteiger partial charge in [0, 0.05) is 13.0 Å². The van der Waals surface area contributed by atoms with Crippen LogP contribution in [0.4, 0.5) is 0 Å². The molecule has 112 valence electrons. The molecule has 1 aliphatic carbocycles. The number of nitrogens with zero attached hydrogens (tertiary/aromatic N) is 2. The van der Waals surface area contributed by atoms with E-state index >= 15 is 0 Å². The SMILES string of the molecule is Cc1nnc(CNC2CCCCC2Cc2ccccc2)o1. The zero-order valence-electron chi connectivity index (χ0n) is 12.6. The molecule has 1 aliphatic rings. The van der Waals surface area contributed by atoms with E-state index in [1.165, 1.54) is 31.2 Å². The Balaban J connectivity index is 1.58. The van der Waals surface area contributed by atoms with Crippen LogP contribution in [0, 0.1) is 12.8 Å². The van der Waals surface area contributed by atoms with Crippen LogP contribution in [0.15, 0.2) is 34.7 Å². The van der Waals surface area contributed by atoms with Gasteiger partial charge in [0.25, 0.3) is 0 Å². The van der Waals surface area contributed by atoms with Crippen molar-refractivity contribution in [3.05, 3.63) is 47.7 Å². The number of nitrogens with one attached hydrogen (secondary N) is 1. The van der Waals surface area contributed by atoms with Gasteiger partial charge in [0.15, 0.2) is 0 Å². The molecule has 2 atom stereocenters. The van der Waals surface area contributed by atoms with E-state index in [-0.39, 0.29) is 0 Å². The first-order valence-corrected chi connectivity index (χ1v) is 7.87. The number of hydrogen-bond acceptors (Lipinski definition) is 4.